The number of carbonyl (C=O) groups excluding carboxylic acids is 1. The number of thiocarbonyl (C=S) groups is 1. The molecule has 1 fully saturated rings. The van der Waals surface area contributed by atoms with Gasteiger partial charge in [-0.2, -0.15) is 0 Å². The average molecular weight is 353 g/mol. The summed E-state index contributed by atoms with van der Waals surface area (Å²) in [5.41, 5.74) is 2.32. The van der Waals surface area contributed by atoms with Gasteiger partial charge in [0.1, 0.15) is 0 Å². The molecule has 0 atom stereocenters. The molecule has 4 nitrogen and oxygen atoms in total. The molecule has 1 amide bonds. The van der Waals surface area contributed by atoms with E-state index in [2.05, 4.69) is 39.4 Å². The third-order valence-electron chi connectivity index (χ3n) is 4.36. The number of carbonyl (C=O) groups is 1. The zero-order chi connectivity index (χ0) is 17.5. The second-order valence-corrected chi connectivity index (χ2v) is 6.65. The van der Waals surface area contributed by atoms with Crippen molar-refractivity contribution in [3.05, 3.63) is 71.8 Å². The van der Waals surface area contributed by atoms with Gasteiger partial charge >= 0.3 is 0 Å². The van der Waals surface area contributed by atoms with Crippen LogP contribution in [-0.4, -0.2) is 47.0 Å². The SMILES string of the molecule is O=C(Cc1ccccc1)NC(=S)N1CCN(Cc2ccccc2)CC1. The van der Waals surface area contributed by atoms with Gasteiger partial charge < -0.3 is 10.2 Å². The summed E-state index contributed by atoms with van der Waals surface area (Å²) >= 11 is 5.41. The molecule has 0 radical (unpaired) electrons. The molecule has 1 aliphatic rings. The smallest absolute Gasteiger partial charge is 0.230 e. The standard InChI is InChI=1S/C20H23N3OS/c24-19(15-17-7-3-1-4-8-17)21-20(25)23-13-11-22(12-14-23)16-18-9-5-2-6-10-18/h1-10H,11-16H2,(H,21,24,25). The van der Waals surface area contributed by atoms with E-state index in [-0.39, 0.29) is 5.91 Å². The molecule has 25 heavy (non-hydrogen) atoms. The number of hydrogen-bond donors (Lipinski definition) is 1. The highest BCUT2D eigenvalue weighted by Crippen LogP contribution is 2.08. The molecule has 0 saturated carbocycles. The molecule has 1 saturated heterocycles. The van der Waals surface area contributed by atoms with Crippen LogP contribution in [0.5, 0.6) is 0 Å². The summed E-state index contributed by atoms with van der Waals surface area (Å²) in [6.45, 7) is 4.55. The van der Waals surface area contributed by atoms with E-state index in [4.69, 9.17) is 12.2 Å². The maximum atomic E-state index is 12.1. The maximum Gasteiger partial charge on any atom is 0.230 e. The summed E-state index contributed by atoms with van der Waals surface area (Å²) < 4.78 is 0. The van der Waals surface area contributed by atoms with Crippen LogP contribution < -0.4 is 5.32 Å². The van der Waals surface area contributed by atoms with E-state index >= 15 is 0 Å². The zero-order valence-corrected chi connectivity index (χ0v) is 15.0. The highest BCUT2D eigenvalue weighted by molar-refractivity contribution is 7.80. The molecule has 0 unspecified atom stereocenters. The van der Waals surface area contributed by atoms with E-state index in [1.165, 1.54) is 5.56 Å². The molecule has 1 N–H and O–H groups in total. The minimum absolute atomic E-state index is 0.0529. The van der Waals surface area contributed by atoms with Crippen LogP contribution in [0.4, 0.5) is 0 Å². The van der Waals surface area contributed by atoms with E-state index in [1.54, 1.807) is 0 Å². The Labute approximate surface area is 154 Å². The van der Waals surface area contributed by atoms with Crippen molar-refractivity contribution in [2.45, 2.75) is 13.0 Å². The Kier molecular flexibility index (Phi) is 6.14. The van der Waals surface area contributed by atoms with Crippen molar-refractivity contribution in [2.24, 2.45) is 0 Å². The minimum atomic E-state index is -0.0529. The fourth-order valence-corrected chi connectivity index (χ4v) is 3.27. The molecule has 0 aliphatic carbocycles. The van der Waals surface area contributed by atoms with Gasteiger partial charge in [-0.1, -0.05) is 60.7 Å². The van der Waals surface area contributed by atoms with Crippen LogP contribution in [0.25, 0.3) is 0 Å². The second kappa shape index (κ2) is 8.74. The van der Waals surface area contributed by atoms with Gasteiger partial charge in [0, 0.05) is 32.7 Å². The van der Waals surface area contributed by atoms with Gasteiger partial charge in [0.25, 0.3) is 0 Å². The molecule has 0 spiro atoms. The molecule has 0 aromatic heterocycles. The van der Waals surface area contributed by atoms with Crippen molar-refractivity contribution in [3.63, 3.8) is 0 Å². The van der Waals surface area contributed by atoms with Gasteiger partial charge in [-0.3, -0.25) is 9.69 Å². The van der Waals surface area contributed by atoms with E-state index < -0.39 is 0 Å². The first-order valence-electron chi connectivity index (χ1n) is 8.60. The van der Waals surface area contributed by atoms with Crippen LogP contribution in [0.2, 0.25) is 0 Å². The van der Waals surface area contributed by atoms with E-state index in [0.29, 0.717) is 11.5 Å². The lowest BCUT2D eigenvalue weighted by Gasteiger charge is -2.36. The summed E-state index contributed by atoms with van der Waals surface area (Å²) in [7, 11) is 0. The average Bonchev–Trinajstić information content (AvgIpc) is 2.64. The number of benzene rings is 2. The monoisotopic (exact) mass is 353 g/mol. The Bertz CT molecular complexity index is 697. The van der Waals surface area contributed by atoms with Gasteiger partial charge in [0.2, 0.25) is 5.91 Å². The zero-order valence-electron chi connectivity index (χ0n) is 14.2. The largest absolute Gasteiger partial charge is 0.346 e. The number of nitrogens with one attached hydrogen (secondary N) is 1. The summed E-state index contributed by atoms with van der Waals surface area (Å²) in [6.07, 6.45) is 0.356. The number of hydrogen-bond acceptors (Lipinski definition) is 3. The highest BCUT2D eigenvalue weighted by Gasteiger charge is 2.20. The van der Waals surface area contributed by atoms with Crippen molar-refractivity contribution in [3.8, 4) is 0 Å². The third-order valence-corrected chi connectivity index (χ3v) is 4.72. The molecule has 2 aromatic rings. The number of piperazine rings is 1. The van der Waals surface area contributed by atoms with E-state index in [1.807, 2.05) is 36.4 Å². The fraction of sp³-hybridized carbons (Fsp3) is 0.300. The molecule has 2 aromatic carbocycles. The molecular weight excluding hydrogens is 330 g/mol. The number of amides is 1. The van der Waals surface area contributed by atoms with Gasteiger partial charge in [-0.05, 0) is 23.3 Å². The Morgan fingerprint density at radius 3 is 2.04 bits per heavy atom. The van der Waals surface area contributed by atoms with Crippen molar-refractivity contribution in [1.82, 2.24) is 15.1 Å². The lowest BCUT2D eigenvalue weighted by atomic mass is 10.1. The predicted octanol–water partition coefficient (Wildman–Crippen LogP) is 2.45. The lowest BCUT2D eigenvalue weighted by molar-refractivity contribution is -0.119. The van der Waals surface area contributed by atoms with Crippen LogP contribution >= 0.6 is 12.2 Å². The highest BCUT2D eigenvalue weighted by atomic mass is 32.1. The van der Waals surface area contributed by atoms with Crippen LogP contribution in [0.15, 0.2) is 60.7 Å². The van der Waals surface area contributed by atoms with Gasteiger partial charge in [-0.25, -0.2) is 0 Å². The number of nitrogens with zero attached hydrogens (tertiary/aromatic N) is 2. The third kappa shape index (κ3) is 5.37. The maximum absolute atomic E-state index is 12.1. The van der Waals surface area contributed by atoms with Gasteiger partial charge in [-0.15, -0.1) is 0 Å². The van der Waals surface area contributed by atoms with E-state index in [0.717, 1.165) is 38.3 Å². The molecule has 1 aliphatic heterocycles. The molecule has 0 bridgehead atoms. The molecular formula is C20H23N3OS. The van der Waals surface area contributed by atoms with E-state index in [9.17, 15) is 4.79 Å². The molecule has 3 rings (SSSR count). The Balaban J connectivity index is 1.43. The van der Waals surface area contributed by atoms with Crippen LogP contribution in [0.3, 0.4) is 0 Å². The van der Waals surface area contributed by atoms with Crippen LogP contribution in [0.1, 0.15) is 11.1 Å². The first kappa shape index (κ1) is 17.6. The molecule has 5 heteroatoms. The lowest BCUT2D eigenvalue weighted by Crippen LogP contribution is -2.52. The minimum Gasteiger partial charge on any atom is -0.346 e. The summed E-state index contributed by atoms with van der Waals surface area (Å²) in [5, 5.41) is 3.40. The van der Waals surface area contributed by atoms with Crippen molar-refractivity contribution >= 4 is 23.2 Å². The first-order valence-corrected chi connectivity index (χ1v) is 9.00. The van der Waals surface area contributed by atoms with Gasteiger partial charge in [0.05, 0.1) is 6.42 Å². The Morgan fingerprint density at radius 1 is 0.880 bits per heavy atom. The molecule has 130 valence electrons. The topological polar surface area (TPSA) is 35.6 Å². The quantitative estimate of drug-likeness (QED) is 0.857. The molecule has 1 heterocycles. The van der Waals surface area contributed by atoms with Crippen LogP contribution in [-0.2, 0) is 17.8 Å². The Morgan fingerprint density at radius 2 is 1.44 bits per heavy atom. The fourth-order valence-electron chi connectivity index (χ4n) is 2.97. The number of rotatable bonds is 4. The predicted molar refractivity (Wildman–Crippen MR) is 104 cm³/mol. The Hall–Kier alpha value is -2.24. The van der Waals surface area contributed by atoms with Crippen molar-refractivity contribution in [2.75, 3.05) is 26.2 Å². The summed E-state index contributed by atoms with van der Waals surface area (Å²) in [5.74, 6) is -0.0529. The van der Waals surface area contributed by atoms with Crippen LogP contribution in [0, 0.1) is 0 Å². The second-order valence-electron chi connectivity index (χ2n) is 6.26. The van der Waals surface area contributed by atoms with Crippen molar-refractivity contribution < 1.29 is 4.79 Å². The van der Waals surface area contributed by atoms with Gasteiger partial charge in [0.15, 0.2) is 5.11 Å². The van der Waals surface area contributed by atoms with Crippen molar-refractivity contribution in [1.29, 1.82) is 0 Å². The first-order chi connectivity index (χ1) is 12.2. The summed E-state index contributed by atoms with van der Waals surface area (Å²) in [6, 6.07) is 20.2. The normalized spacial score (nSPS) is 15.0. The summed E-state index contributed by atoms with van der Waals surface area (Å²) in [4.78, 5) is 16.6.